The van der Waals surface area contributed by atoms with Crippen molar-refractivity contribution < 1.29 is 14.0 Å². The molecule has 0 saturated carbocycles. The zero-order valence-electron chi connectivity index (χ0n) is 21.4. The van der Waals surface area contributed by atoms with Crippen LogP contribution in [0.25, 0.3) is 22.6 Å². The molecule has 0 bridgehead atoms. The fourth-order valence-electron chi connectivity index (χ4n) is 4.02. The molecule has 0 radical (unpaired) electrons. The number of nitrogens with one attached hydrogen (secondary N) is 1. The average molecular weight is 504 g/mol. The van der Waals surface area contributed by atoms with Gasteiger partial charge in [0, 0.05) is 43.0 Å². The molecule has 194 valence electrons. The molecule has 1 unspecified atom stereocenters. The number of nitrogens with zero attached hydrogens (tertiary/aromatic N) is 5. The van der Waals surface area contributed by atoms with Gasteiger partial charge in [-0.15, -0.1) is 0 Å². The fraction of sp³-hybridized carbons (Fsp3) is 0.370. The van der Waals surface area contributed by atoms with E-state index < -0.39 is 6.04 Å². The van der Waals surface area contributed by atoms with Gasteiger partial charge in [-0.1, -0.05) is 37.1 Å². The Morgan fingerprint density at radius 1 is 1.05 bits per heavy atom. The topological polar surface area (TPSA) is 134 Å². The molecule has 0 saturated heterocycles. The molecule has 10 heteroatoms. The molecule has 0 fully saturated rings. The molecule has 0 spiro atoms. The number of primary amides is 1. The van der Waals surface area contributed by atoms with Crippen LogP contribution in [0.4, 0.5) is 0 Å². The van der Waals surface area contributed by atoms with Gasteiger partial charge in [0.15, 0.2) is 5.76 Å². The summed E-state index contributed by atoms with van der Waals surface area (Å²) in [6.45, 7) is 4.00. The highest BCUT2D eigenvalue weighted by Gasteiger charge is 2.22. The maximum absolute atomic E-state index is 13.0. The fourth-order valence-corrected chi connectivity index (χ4v) is 4.02. The molecular formula is C27H33N7O3. The molecule has 3 heterocycles. The summed E-state index contributed by atoms with van der Waals surface area (Å²) in [7, 11) is 1.89. The maximum atomic E-state index is 13.0. The summed E-state index contributed by atoms with van der Waals surface area (Å²) in [5.41, 5.74) is 8.50. The molecule has 1 atom stereocenters. The predicted octanol–water partition coefficient (Wildman–Crippen LogP) is 4.43. The smallest absolute Gasteiger partial charge is 0.255 e. The van der Waals surface area contributed by atoms with E-state index in [2.05, 4.69) is 20.5 Å². The van der Waals surface area contributed by atoms with Crippen LogP contribution in [-0.2, 0) is 11.8 Å². The molecule has 10 nitrogen and oxygen atoms in total. The van der Waals surface area contributed by atoms with E-state index in [4.69, 9.17) is 10.2 Å². The summed E-state index contributed by atoms with van der Waals surface area (Å²) in [6, 6.07) is 9.60. The number of carbonyl (C=O) groups is 2. The van der Waals surface area contributed by atoms with Gasteiger partial charge < -0.3 is 15.5 Å². The SMILES string of the molecule is CC(C)n1cc(C(=O)NC(CCCCCC(N)=O)c2ncc(-c3ccc(-c4ccn(C)n4)cc3)o2)cn1. The van der Waals surface area contributed by atoms with Crippen molar-refractivity contribution in [2.24, 2.45) is 12.8 Å². The van der Waals surface area contributed by atoms with Gasteiger partial charge in [0.05, 0.1) is 23.7 Å². The second-order valence-electron chi connectivity index (χ2n) is 9.41. The standard InChI is InChI=1S/C27H33N7O3/c1-18(2)34-17-21(15-30-34)26(36)31-23(7-5-4-6-8-25(28)35)27-29-16-24(37-27)20-11-9-19(10-12-20)22-13-14-33(3)32-22/h9-18,23H,4-8H2,1-3H3,(H2,28,35)(H,31,36). The molecule has 1 aromatic carbocycles. The lowest BCUT2D eigenvalue weighted by Crippen LogP contribution is -2.28. The third-order valence-corrected chi connectivity index (χ3v) is 6.11. The number of aryl methyl sites for hydroxylation is 1. The molecule has 0 aliphatic carbocycles. The summed E-state index contributed by atoms with van der Waals surface area (Å²) >= 11 is 0. The maximum Gasteiger partial charge on any atom is 0.255 e. The number of rotatable bonds is 12. The Morgan fingerprint density at radius 2 is 1.81 bits per heavy atom. The Balaban J connectivity index is 1.48. The van der Waals surface area contributed by atoms with Crippen LogP contribution in [0.3, 0.4) is 0 Å². The van der Waals surface area contributed by atoms with Gasteiger partial charge in [-0.25, -0.2) is 4.98 Å². The van der Waals surface area contributed by atoms with E-state index in [1.54, 1.807) is 28.0 Å². The molecule has 3 N–H and O–H groups in total. The predicted molar refractivity (Wildman–Crippen MR) is 139 cm³/mol. The third-order valence-electron chi connectivity index (χ3n) is 6.11. The van der Waals surface area contributed by atoms with Gasteiger partial charge >= 0.3 is 0 Å². The molecule has 0 aliphatic heterocycles. The minimum Gasteiger partial charge on any atom is -0.438 e. The zero-order valence-corrected chi connectivity index (χ0v) is 21.4. The van der Waals surface area contributed by atoms with Crippen LogP contribution in [0.2, 0.25) is 0 Å². The number of aromatic nitrogens is 5. The number of unbranched alkanes of at least 4 members (excludes halogenated alkanes) is 2. The van der Waals surface area contributed by atoms with Gasteiger partial charge in [0.25, 0.3) is 5.91 Å². The highest BCUT2D eigenvalue weighted by Crippen LogP contribution is 2.28. The lowest BCUT2D eigenvalue weighted by molar-refractivity contribution is -0.118. The second kappa shape index (κ2) is 11.7. The van der Waals surface area contributed by atoms with Crippen molar-refractivity contribution in [2.45, 2.75) is 58.0 Å². The summed E-state index contributed by atoms with van der Waals surface area (Å²) in [4.78, 5) is 28.5. The first kappa shape index (κ1) is 25.9. The number of hydrogen-bond acceptors (Lipinski definition) is 6. The van der Waals surface area contributed by atoms with Crippen LogP contribution in [0, 0.1) is 0 Å². The van der Waals surface area contributed by atoms with Crippen molar-refractivity contribution in [1.82, 2.24) is 29.9 Å². The molecule has 4 rings (SSSR count). The van der Waals surface area contributed by atoms with Crippen molar-refractivity contribution in [1.29, 1.82) is 0 Å². The number of hydrogen-bond donors (Lipinski definition) is 2. The van der Waals surface area contributed by atoms with Crippen molar-refractivity contribution in [3.63, 3.8) is 0 Å². The van der Waals surface area contributed by atoms with Gasteiger partial charge in [-0.3, -0.25) is 19.0 Å². The van der Waals surface area contributed by atoms with E-state index >= 15 is 0 Å². The number of nitrogens with two attached hydrogens (primary N) is 1. The van der Waals surface area contributed by atoms with Crippen LogP contribution in [0.15, 0.2) is 59.5 Å². The van der Waals surface area contributed by atoms with Gasteiger partial charge in [-0.05, 0) is 32.8 Å². The van der Waals surface area contributed by atoms with E-state index in [0.29, 0.717) is 36.5 Å². The molecule has 3 aromatic heterocycles. The number of carbonyl (C=O) groups excluding carboxylic acids is 2. The Bertz CT molecular complexity index is 1330. The van der Waals surface area contributed by atoms with E-state index in [1.165, 1.54) is 0 Å². The first-order valence-corrected chi connectivity index (χ1v) is 12.5. The Hall–Kier alpha value is -4.21. The number of amides is 2. The van der Waals surface area contributed by atoms with Crippen molar-refractivity contribution in [2.75, 3.05) is 0 Å². The summed E-state index contributed by atoms with van der Waals surface area (Å²) in [6.07, 6.45) is 10.1. The molecule has 4 aromatic rings. The van der Waals surface area contributed by atoms with E-state index in [1.807, 2.05) is 57.4 Å². The minimum absolute atomic E-state index is 0.154. The second-order valence-corrected chi connectivity index (χ2v) is 9.41. The van der Waals surface area contributed by atoms with Gasteiger partial charge in [-0.2, -0.15) is 10.2 Å². The molecule has 2 amide bonds. The molecule has 0 aliphatic rings. The number of benzene rings is 1. The summed E-state index contributed by atoms with van der Waals surface area (Å²) < 4.78 is 9.62. The normalized spacial score (nSPS) is 12.1. The average Bonchev–Trinajstić information content (AvgIpc) is 3.64. The minimum atomic E-state index is -0.426. The molecule has 37 heavy (non-hydrogen) atoms. The highest BCUT2D eigenvalue weighted by molar-refractivity contribution is 5.93. The largest absolute Gasteiger partial charge is 0.438 e. The van der Waals surface area contributed by atoms with Crippen LogP contribution in [0.1, 0.15) is 74.3 Å². The lowest BCUT2D eigenvalue weighted by atomic mass is 10.1. The Labute approximate surface area is 215 Å². The van der Waals surface area contributed by atoms with Gasteiger partial charge in [0.1, 0.15) is 6.04 Å². The quantitative estimate of drug-likeness (QED) is 0.275. The summed E-state index contributed by atoms with van der Waals surface area (Å²) in [5, 5.41) is 11.7. The first-order chi connectivity index (χ1) is 17.8. The third kappa shape index (κ3) is 6.72. The number of oxazole rings is 1. The van der Waals surface area contributed by atoms with Crippen molar-refractivity contribution in [3.8, 4) is 22.6 Å². The van der Waals surface area contributed by atoms with Crippen molar-refractivity contribution >= 4 is 11.8 Å². The van der Waals surface area contributed by atoms with E-state index in [9.17, 15) is 9.59 Å². The van der Waals surface area contributed by atoms with E-state index in [0.717, 1.165) is 29.7 Å². The monoisotopic (exact) mass is 503 g/mol. The first-order valence-electron chi connectivity index (χ1n) is 12.5. The Morgan fingerprint density at radius 3 is 2.46 bits per heavy atom. The van der Waals surface area contributed by atoms with Gasteiger partial charge in [0.2, 0.25) is 11.8 Å². The van der Waals surface area contributed by atoms with Crippen LogP contribution in [0.5, 0.6) is 0 Å². The van der Waals surface area contributed by atoms with Crippen LogP contribution >= 0.6 is 0 Å². The molecular weight excluding hydrogens is 470 g/mol. The van der Waals surface area contributed by atoms with E-state index in [-0.39, 0.29) is 17.9 Å². The zero-order chi connectivity index (χ0) is 26.4. The van der Waals surface area contributed by atoms with Crippen LogP contribution < -0.4 is 11.1 Å². The Kier molecular flexibility index (Phi) is 8.17. The summed E-state index contributed by atoms with van der Waals surface area (Å²) in [5.74, 6) is 0.499. The van der Waals surface area contributed by atoms with Crippen molar-refractivity contribution in [3.05, 3.63) is 66.6 Å². The highest BCUT2D eigenvalue weighted by atomic mass is 16.4. The van der Waals surface area contributed by atoms with Crippen LogP contribution in [-0.4, -0.2) is 36.4 Å². The lowest BCUT2D eigenvalue weighted by Gasteiger charge is -2.15.